The predicted octanol–water partition coefficient (Wildman–Crippen LogP) is 3.02. The molecule has 1 unspecified atom stereocenters. The van der Waals surface area contributed by atoms with Crippen LogP contribution in [-0.2, 0) is 10.0 Å². The van der Waals surface area contributed by atoms with Crippen molar-refractivity contribution in [3.05, 3.63) is 27.2 Å². The fourth-order valence-corrected chi connectivity index (χ4v) is 5.19. The molecule has 4 nitrogen and oxygen atoms in total. The van der Waals surface area contributed by atoms with Crippen LogP contribution in [0, 0.1) is 19.8 Å². The Kier molecular flexibility index (Phi) is 4.63. The largest absolute Gasteiger partial charge is 0.329 e. The van der Waals surface area contributed by atoms with Crippen LogP contribution in [0.1, 0.15) is 30.9 Å². The second kappa shape index (κ2) is 5.70. The lowest BCUT2D eigenvalue weighted by Crippen LogP contribution is -2.53. The van der Waals surface area contributed by atoms with E-state index in [-0.39, 0.29) is 22.4 Å². The Labute approximate surface area is 136 Å². The minimum atomic E-state index is -3.79. The summed E-state index contributed by atoms with van der Waals surface area (Å²) in [4.78, 5) is 0.0505. The van der Waals surface area contributed by atoms with E-state index < -0.39 is 15.6 Å². The zero-order chi connectivity index (χ0) is 16.0. The summed E-state index contributed by atoms with van der Waals surface area (Å²) < 4.78 is 28.3. The molecule has 1 saturated carbocycles. The minimum Gasteiger partial charge on any atom is -0.329 e. The predicted molar refractivity (Wildman–Crippen MR) is 86.4 cm³/mol. The second-order valence-electron chi connectivity index (χ2n) is 5.94. The molecule has 0 heterocycles. The average molecular weight is 351 g/mol. The lowest BCUT2D eigenvalue weighted by molar-refractivity contribution is 0.374. The van der Waals surface area contributed by atoms with Gasteiger partial charge in [-0.05, 0) is 56.7 Å². The highest BCUT2D eigenvalue weighted by Crippen LogP contribution is 2.41. The van der Waals surface area contributed by atoms with E-state index in [1.807, 2.05) is 6.92 Å². The third kappa shape index (κ3) is 3.22. The maximum atomic E-state index is 12.8. The van der Waals surface area contributed by atoms with Crippen molar-refractivity contribution >= 4 is 33.2 Å². The van der Waals surface area contributed by atoms with Crippen LogP contribution in [0.4, 0.5) is 0 Å². The minimum absolute atomic E-state index is 0.0505. The Hall–Kier alpha value is -0.330. The fraction of sp³-hybridized carbons (Fsp3) is 0.571. The lowest BCUT2D eigenvalue weighted by Gasteiger charge is -2.29. The highest BCUT2D eigenvalue weighted by atomic mass is 35.5. The third-order valence-corrected chi connectivity index (χ3v) is 6.90. The molecule has 1 aliphatic rings. The van der Waals surface area contributed by atoms with Crippen molar-refractivity contribution in [1.29, 1.82) is 0 Å². The summed E-state index contributed by atoms with van der Waals surface area (Å²) in [6.45, 7) is 5.46. The summed E-state index contributed by atoms with van der Waals surface area (Å²) in [6.07, 6.45) is 1.97. The highest BCUT2D eigenvalue weighted by Gasteiger charge is 2.44. The summed E-state index contributed by atoms with van der Waals surface area (Å²) in [5.74, 6) is 0.275. The van der Waals surface area contributed by atoms with Gasteiger partial charge in [0.25, 0.3) is 0 Å². The first-order chi connectivity index (χ1) is 9.62. The van der Waals surface area contributed by atoms with E-state index in [0.717, 1.165) is 12.8 Å². The van der Waals surface area contributed by atoms with Crippen LogP contribution < -0.4 is 10.5 Å². The number of sulfonamides is 1. The molecule has 0 spiro atoms. The lowest BCUT2D eigenvalue weighted by atomic mass is 9.98. The quantitative estimate of drug-likeness (QED) is 0.857. The van der Waals surface area contributed by atoms with E-state index in [0.29, 0.717) is 16.1 Å². The van der Waals surface area contributed by atoms with Crippen LogP contribution in [0.5, 0.6) is 0 Å². The van der Waals surface area contributed by atoms with Gasteiger partial charge < -0.3 is 5.73 Å². The molecule has 0 saturated heterocycles. The van der Waals surface area contributed by atoms with Crippen molar-refractivity contribution in [1.82, 2.24) is 4.72 Å². The highest BCUT2D eigenvalue weighted by molar-refractivity contribution is 7.89. The standard InChI is InChI=1S/C14H20Cl2N2O2S/c1-8-6-11(15)9(2)13(12(8)16)21(19,20)18-14(3,7-17)10-4-5-10/h6,10,18H,4-5,7,17H2,1-3H3. The fourth-order valence-electron chi connectivity index (χ4n) is 2.50. The van der Waals surface area contributed by atoms with E-state index in [1.54, 1.807) is 19.9 Å². The molecule has 2 rings (SSSR count). The van der Waals surface area contributed by atoms with Crippen LogP contribution in [0.3, 0.4) is 0 Å². The van der Waals surface area contributed by atoms with Gasteiger partial charge in [-0.15, -0.1) is 0 Å². The normalized spacial score (nSPS) is 18.6. The number of benzene rings is 1. The van der Waals surface area contributed by atoms with E-state index in [1.165, 1.54) is 0 Å². The summed E-state index contributed by atoms with van der Waals surface area (Å²) >= 11 is 12.3. The molecule has 1 fully saturated rings. The van der Waals surface area contributed by atoms with Crippen LogP contribution >= 0.6 is 23.2 Å². The topological polar surface area (TPSA) is 72.2 Å². The first kappa shape index (κ1) is 17.0. The number of hydrogen-bond acceptors (Lipinski definition) is 3. The van der Waals surface area contributed by atoms with Gasteiger partial charge >= 0.3 is 0 Å². The maximum absolute atomic E-state index is 12.8. The number of nitrogens with one attached hydrogen (secondary N) is 1. The molecule has 7 heteroatoms. The first-order valence-corrected chi connectivity index (χ1v) is 9.05. The molecule has 1 aromatic carbocycles. The van der Waals surface area contributed by atoms with Crippen molar-refractivity contribution in [2.24, 2.45) is 11.7 Å². The molecule has 118 valence electrons. The van der Waals surface area contributed by atoms with Crippen molar-refractivity contribution in [2.75, 3.05) is 6.54 Å². The van der Waals surface area contributed by atoms with Gasteiger partial charge in [0.1, 0.15) is 4.90 Å². The zero-order valence-electron chi connectivity index (χ0n) is 12.3. The van der Waals surface area contributed by atoms with Gasteiger partial charge in [-0.3, -0.25) is 0 Å². The van der Waals surface area contributed by atoms with Crippen molar-refractivity contribution < 1.29 is 8.42 Å². The van der Waals surface area contributed by atoms with Gasteiger partial charge in [0.15, 0.2) is 0 Å². The molecule has 0 radical (unpaired) electrons. The molecule has 1 aliphatic carbocycles. The molecule has 0 aliphatic heterocycles. The first-order valence-electron chi connectivity index (χ1n) is 6.81. The molecule has 21 heavy (non-hydrogen) atoms. The Morgan fingerprint density at radius 1 is 1.38 bits per heavy atom. The Morgan fingerprint density at radius 3 is 2.43 bits per heavy atom. The van der Waals surface area contributed by atoms with Crippen LogP contribution in [0.2, 0.25) is 10.0 Å². The smallest absolute Gasteiger partial charge is 0.242 e. The van der Waals surface area contributed by atoms with Gasteiger partial charge in [-0.25, -0.2) is 13.1 Å². The Balaban J connectivity index is 2.50. The molecule has 1 aromatic rings. The van der Waals surface area contributed by atoms with E-state index in [4.69, 9.17) is 28.9 Å². The number of halogens is 2. The third-order valence-electron chi connectivity index (χ3n) is 4.13. The molecular weight excluding hydrogens is 331 g/mol. The summed E-state index contributed by atoms with van der Waals surface area (Å²) in [7, 11) is -3.79. The molecule has 0 aromatic heterocycles. The number of aryl methyl sites for hydroxylation is 1. The van der Waals surface area contributed by atoms with Crippen molar-refractivity contribution in [3.8, 4) is 0 Å². The molecular formula is C14H20Cl2N2O2S. The molecule has 1 atom stereocenters. The van der Waals surface area contributed by atoms with Gasteiger partial charge in [0, 0.05) is 17.1 Å². The van der Waals surface area contributed by atoms with Crippen LogP contribution in [0.15, 0.2) is 11.0 Å². The van der Waals surface area contributed by atoms with Crippen molar-refractivity contribution in [3.63, 3.8) is 0 Å². The van der Waals surface area contributed by atoms with E-state index in [9.17, 15) is 8.42 Å². The second-order valence-corrected chi connectivity index (χ2v) is 8.35. The summed E-state index contributed by atoms with van der Waals surface area (Å²) in [5.41, 5.74) is 6.22. The van der Waals surface area contributed by atoms with Crippen LogP contribution in [0.25, 0.3) is 0 Å². The zero-order valence-corrected chi connectivity index (χ0v) is 14.7. The maximum Gasteiger partial charge on any atom is 0.242 e. The Bertz CT molecular complexity index is 646. The van der Waals surface area contributed by atoms with Crippen molar-refractivity contribution in [2.45, 2.75) is 44.0 Å². The van der Waals surface area contributed by atoms with Gasteiger partial charge in [-0.2, -0.15) is 0 Å². The number of rotatable bonds is 5. The SMILES string of the molecule is Cc1cc(Cl)c(C)c(S(=O)(=O)NC(C)(CN)C2CC2)c1Cl. The summed E-state index contributed by atoms with van der Waals surface area (Å²) in [6, 6.07) is 1.67. The molecule has 3 N–H and O–H groups in total. The average Bonchev–Trinajstić information content (AvgIpc) is 3.20. The Morgan fingerprint density at radius 2 is 1.95 bits per heavy atom. The number of nitrogens with two attached hydrogens (primary N) is 1. The monoisotopic (exact) mass is 350 g/mol. The van der Waals surface area contributed by atoms with E-state index in [2.05, 4.69) is 4.72 Å². The van der Waals surface area contributed by atoms with Gasteiger partial charge in [0.05, 0.1) is 5.02 Å². The van der Waals surface area contributed by atoms with E-state index >= 15 is 0 Å². The van der Waals surface area contributed by atoms with Gasteiger partial charge in [-0.1, -0.05) is 23.2 Å². The summed E-state index contributed by atoms with van der Waals surface area (Å²) in [5, 5.41) is 0.595. The van der Waals surface area contributed by atoms with Gasteiger partial charge in [0.2, 0.25) is 10.0 Å². The number of hydrogen-bond donors (Lipinski definition) is 2. The molecule has 0 amide bonds. The molecule has 0 bridgehead atoms. The van der Waals surface area contributed by atoms with Crippen LogP contribution in [-0.4, -0.2) is 20.5 Å².